The van der Waals surface area contributed by atoms with Crippen LogP contribution in [0, 0.1) is 6.92 Å². The molecule has 0 radical (unpaired) electrons. The predicted octanol–water partition coefficient (Wildman–Crippen LogP) is 3.77. The van der Waals surface area contributed by atoms with Crippen LogP contribution in [0.15, 0.2) is 53.6 Å². The number of nitrogens with zero attached hydrogens (tertiary/aromatic N) is 4. The predicted molar refractivity (Wildman–Crippen MR) is 131 cm³/mol. The third-order valence-electron chi connectivity index (χ3n) is 4.83. The highest BCUT2D eigenvalue weighted by atomic mass is 32.2. The second kappa shape index (κ2) is 12.4. The second-order valence-corrected chi connectivity index (χ2v) is 9.66. The first-order valence-corrected chi connectivity index (χ1v) is 12.5. The quantitative estimate of drug-likeness (QED) is 0.357. The number of aliphatic carboxylic acids is 1. The summed E-state index contributed by atoms with van der Waals surface area (Å²) in [5, 5.41) is 21.3. The summed E-state index contributed by atoms with van der Waals surface area (Å²) in [7, 11) is -2.12. The molecule has 2 aromatic heterocycles. The maximum absolute atomic E-state index is 12.5. The Morgan fingerprint density at radius 2 is 1.74 bits per heavy atom. The zero-order valence-electron chi connectivity index (χ0n) is 20.6. The molecule has 3 aromatic rings. The molecule has 0 aliphatic rings. The van der Waals surface area contributed by atoms with Crippen LogP contribution in [-0.2, 0) is 27.9 Å². The third-order valence-corrected chi connectivity index (χ3v) is 6.22. The van der Waals surface area contributed by atoms with Crippen LogP contribution in [-0.4, -0.2) is 58.6 Å². The lowest BCUT2D eigenvalue weighted by molar-refractivity contribution is -0.192. The van der Waals surface area contributed by atoms with Gasteiger partial charge in [-0.3, -0.25) is 9.40 Å². The van der Waals surface area contributed by atoms with Crippen molar-refractivity contribution in [2.45, 2.75) is 44.4 Å². The van der Waals surface area contributed by atoms with Crippen LogP contribution in [0.25, 0.3) is 0 Å². The molecule has 0 aliphatic heterocycles. The monoisotopic (exact) mass is 557 g/mol. The maximum atomic E-state index is 12.5. The van der Waals surface area contributed by atoms with E-state index < -0.39 is 28.1 Å². The van der Waals surface area contributed by atoms with Crippen molar-refractivity contribution in [3.8, 4) is 0 Å². The first-order valence-electron chi connectivity index (χ1n) is 11.0. The van der Waals surface area contributed by atoms with Crippen LogP contribution in [0.5, 0.6) is 0 Å². The van der Waals surface area contributed by atoms with Gasteiger partial charge in [0.05, 0.1) is 34.7 Å². The number of hydrogen-bond donors (Lipinski definition) is 3. The fourth-order valence-corrected chi connectivity index (χ4v) is 4.29. The highest BCUT2D eigenvalue weighted by Crippen LogP contribution is 2.24. The molecule has 2 heterocycles. The fourth-order valence-electron chi connectivity index (χ4n) is 3.24. The van der Waals surface area contributed by atoms with Gasteiger partial charge in [-0.25, -0.2) is 23.0 Å². The van der Waals surface area contributed by atoms with E-state index in [4.69, 9.17) is 9.90 Å². The van der Waals surface area contributed by atoms with Crippen LogP contribution in [0.2, 0.25) is 0 Å². The molecule has 11 nitrogen and oxygen atoms in total. The van der Waals surface area contributed by atoms with Gasteiger partial charge in [0.1, 0.15) is 11.4 Å². The minimum Gasteiger partial charge on any atom is -0.478 e. The molecule has 15 heteroatoms. The lowest BCUT2D eigenvalue weighted by Crippen LogP contribution is -2.23. The molecular weight excluding hydrogens is 531 g/mol. The van der Waals surface area contributed by atoms with Gasteiger partial charge in [-0.1, -0.05) is 25.1 Å². The SMILES string of the molecule is CCCn1nc(C)cc1CN(C)c1ncc(NS(=O)(=O)c2ccccc2)cc1C(=O)O.O=C(O)C(F)(F)F. The van der Waals surface area contributed by atoms with Gasteiger partial charge in [0.2, 0.25) is 0 Å². The average molecular weight is 558 g/mol. The number of anilines is 2. The van der Waals surface area contributed by atoms with E-state index >= 15 is 0 Å². The van der Waals surface area contributed by atoms with Crippen LogP contribution in [0.3, 0.4) is 0 Å². The highest BCUT2D eigenvalue weighted by molar-refractivity contribution is 7.92. The maximum Gasteiger partial charge on any atom is 0.490 e. The number of aromatic carboxylic acids is 1. The van der Waals surface area contributed by atoms with E-state index in [0.717, 1.165) is 24.4 Å². The van der Waals surface area contributed by atoms with Crippen molar-refractivity contribution in [3.63, 3.8) is 0 Å². The molecule has 0 saturated heterocycles. The number of carboxylic acid groups (broad SMARTS) is 2. The molecule has 206 valence electrons. The number of carboxylic acids is 2. The number of nitrogens with one attached hydrogen (secondary N) is 1. The number of carbonyl (C=O) groups is 2. The number of sulfonamides is 1. The number of halogens is 3. The molecule has 0 bridgehead atoms. The van der Waals surface area contributed by atoms with Gasteiger partial charge < -0.3 is 15.1 Å². The van der Waals surface area contributed by atoms with Crippen LogP contribution < -0.4 is 9.62 Å². The van der Waals surface area contributed by atoms with Crippen molar-refractivity contribution >= 4 is 33.5 Å². The standard InChI is InChI=1S/C21H25N5O4S.C2HF3O2/c1-4-10-26-17(11-15(2)23-26)14-25(3)20-19(21(27)28)12-16(13-22-20)24-31(29,30)18-8-6-5-7-9-18;3-2(4,5)1(6)7/h5-9,11-13,24H,4,10,14H2,1-3H3,(H,27,28);(H,6,7). The smallest absolute Gasteiger partial charge is 0.478 e. The Morgan fingerprint density at radius 3 is 2.26 bits per heavy atom. The molecule has 0 amide bonds. The van der Waals surface area contributed by atoms with Gasteiger partial charge >= 0.3 is 18.1 Å². The van der Waals surface area contributed by atoms with Crippen molar-refractivity contribution < 1.29 is 41.4 Å². The lowest BCUT2D eigenvalue weighted by atomic mass is 10.2. The first kappa shape index (κ1) is 30.1. The van der Waals surface area contributed by atoms with Gasteiger partial charge in [-0.2, -0.15) is 18.3 Å². The molecule has 0 aliphatic carbocycles. The summed E-state index contributed by atoms with van der Waals surface area (Å²) in [5.41, 5.74) is 1.79. The van der Waals surface area contributed by atoms with Crippen molar-refractivity contribution in [2.24, 2.45) is 0 Å². The van der Waals surface area contributed by atoms with E-state index in [9.17, 15) is 31.5 Å². The molecule has 38 heavy (non-hydrogen) atoms. The number of benzene rings is 1. The molecule has 0 fully saturated rings. The molecule has 0 saturated carbocycles. The number of hydrogen-bond acceptors (Lipinski definition) is 7. The Kier molecular flexibility index (Phi) is 9.82. The molecular formula is C23H26F3N5O6S. The molecule has 3 N–H and O–H groups in total. The van der Waals surface area contributed by atoms with Crippen LogP contribution >= 0.6 is 0 Å². The van der Waals surface area contributed by atoms with Gasteiger partial charge in [0.25, 0.3) is 10.0 Å². The van der Waals surface area contributed by atoms with Crippen molar-refractivity contribution in [3.05, 3.63) is 65.6 Å². The summed E-state index contributed by atoms with van der Waals surface area (Å²) < 4.78 is 61.1. The zero-order chi connectivity index (χ0) is 28.7. The largest absolute Gasteiger partial charge is 0.490 e. The minimum atomic E-state index is -5.08. The van der Waals surface area contributed by atoms with Gasteiger partial charge in [-0.15, -0.1) is 0 Å². The Balaban J connectivity index is 0.000000638. The Bertz CT molecular complexity index is 1380. The van der Waals surface area contributed by atoms with Crippen molar-refractivity contribution in [2.75, 3.05) is 16.7 Å². The lowest BCUT2D eigenvalue weighted by Gasteiger charge is -2.21. The van der Waals surface area contributed by atoms with E-state index in [1.165, 1.54) is 24.4 Å². The summed E-state index contributed by atoms with van der Waals surface area (Å²) in [6, 6.07) is 11.1. The second-order valence-electron chi connectivity index (χ2n) is 7.98. The minimum absolute atomic E-state index is 0.0743. The van der Waals surface area contributed by atoms with E-state index in [2.05, 4.69) is 21.7 Å². The van der Waals surface area contributed by atoms with E-state index in [-0.39, 0.29) is 22.0 Å². The van der Waals surface area contributed by atoms with E-state index in [1.807, 2.05) is 17.7 Å². The van der Waals surface area contributed by atoms with Crippen molar-refractivity contribution in [1.29, 1.82) is 0 Å². The van der Waals surface area contributed by atoms with Crippen LogP contribution in [0.1, 0.15) is 35.1 Å². The Labute approximate surface area is 216 Å². The number of rotatable bonds is 9. The highest BCUT2D eigenvalue weighted by Gasteiger charge is 2.38. The topological polar surface area (TPSA) is 155 Å². The number of aryl methyl sites for hydroxylation is 2. The first-order chi connectivity index (χ1) is 17.7. The molecule has 1 aromatic carbocycles. The normalized spacial score (nSPS) is 11.3. The van der Waals surface area contributed by atoms with Gasteiger partial charge in [-0.05, 0) is 37.6 Å². The number of alkyl halides is 3. The molecule has 0 unspecified atom stereocenters. The molecule has 0 atom stereocenters. The summed E-state index contributed by atoms with van der Waals surface area (Å²) in [6.07, 6.45) is -2.85. The summed E-state index contributed by atoms with van der Waals surface area (Å²) in [6.45, 7) is 5.13. The molecule has 3 rings (SSSR count). The number of aromatic nitrogens is 3. The zero-order valence-corrected chi connectivity index (χ0v) is 21.4. The van der Waals surface area contributed by atoms with Crippen molar-refractivity contribution in [1.82, 2.24) is 14.8 Å². The molecule has 0 spiro atoms. The Hall–Kier alpha value is -4.14. The van der Waals surface area contributed by atoms with Gasteiger partial charge in [0.15, 0.2) is 0 Å². The van der Waals surface area contributed by atoms with Crippen LogP contribution in [0.4, 0.5) is 24.7 Å². The average Bonchev–Trinajstić information content (AvgIpc) is 3.17. The summed E-state index contributed by atoms with van der Waals surface area (Å²) in [5.74, 6) is -3.72. The summed E-state index contributed by atoms with van der Waals surface area (Å²) in [4.78, 5) is 26.8. The Morgan fingerprint density at radius 1 is 1.13 bits per heavy atom. The third kappa shape index (κ3) is 8.19. The van der Waals surface area contributed by atoms with E-state index in [1.54, 1.807) is 30.1 Å². The van der Waals surface area contributed by atoms with E-state index in [0.29, 0.717) is 6.54 Å². The number of pyridine rings is 1. The fraction of sp³-hybridized carbons (Fsp3) is 0.304. The summed E-state index contributed by atoms with van der Waals surface area (Å²) >= 11 is 0. The van der Waals surface area contributed by atoms with Gasteiger partial charge in [0, 0.05) is 13.6 Å².